The standard InChI is InChI=1S/C22H24N2/c1-15-8-7-9-16-17(14-23-20(15)16)21-22(12-5-2-6-13-22)18-10-3-4-11-19(18)24-21/h3-4,7-11,14,21,23-24H,2,5-6,12-13H2,1H3. The number of H-pyrrole nitrogens is 1. The van der Waals surface area contributed by atoms with E-state index in [2.05, 4.69) is 65.9 Å². The topological polar surface area (TPSA) is 27.8 Å². The number of anilines is 1. The smallest absolute Gasteiger partial charge is 0.0632 e. The molecule has 1 aliphatic carbocycles. The van der Waals surface area contributed by atoms with Gasteiger partial charge in [-0.3, -0.25) is 0 Å². The summed E-state index contributed by atoms with van der Waals surface area (Å²) in [7, 11) is 0. The number of rotatable bonds is 1. The number of hydrogen-bond acceptors (Lipinski definition) is 1. The third-order valence-corrected chi connectivity index (χ3v) is 6.33. The van der Waals surface area contributed by atoms with Crippen molar-refractivity contribution in [1.29, 1.82) is 0 Å². The normalized spacial score (nSPS) is 21.8. The van der Waals surface area contributed by atoms with Gasteiger partial charge in [0.1, 0.15) is 0 Å². The number of fused-ring (bicyclic) bond motifs is 3. The molecule has 2 heterocycles. The van der Waals surface area contributed by atoms with Crippen molar-refractivity contribution < 1.29 is 0 Å². The highest BCUT2D eigenvalue weighted by atomic mass is 15.0. The van der Waals surface area contributed by atoms with Crippen molar-refractivity contribution in [3.8, 4) is 0 Å². The predicted octanol–water partition coefficient (Wildman–Crippen LogP) is 5.85. The lowest BCUT2D eigenvalue weighted by Gasteiger charge is -2.39. The van der Waals surface area contributed by atoms with Gasteiger partial charge in [0.2, 0.25) is 0 Å². The fraction of sp³-hybridized carbons (Fsp3) is 0.364. The molecule has 24 heavy (non-hydrogen) atoms. The maximum atomic E-state index is 3.89. The van der Waals surface area contributed by atoms with Crippen LogP contribution in [0.15, 0.2) is 48.7 Å². The van der Waals surface area contributed by atoms with E-state index in [4.69, 9.17) is 0 Å². The predicted molar refractivity (Wildman–Crippen MR) is 101 cm³/mol. The second-order valence-electron chi connectivity index (χ2n) is 7.58. The molecule has 1 fully saturated rings. The Balaban J connectivity index is 1.71. The summed E-state index contributed by atoms with van der Waals surface area (Å²) in [5.74, 6) is 0. The van der Waals surface area contributed by atoms with Crippen LogP contribution in [0.3, 0.4) is 0 Å². The van der Waals surface area contributed by atoms with E-state index >= 15 is 0 Å². The molecule has 2 nitrogen and oxygen atoms in total. The minimum atomic E-state index is 0.258. The van der Waals surface area contributed by atoms with Gasteiger partial charge < -0.3 is 10.3 Å². The SMILES string of the molecule is Cc1cccc2c(C3Nc4ccccc4C34CCCCC4)c[nH]c12. The van der Waals surface area contributed by atoms with Gasteiger partial charge in [-0.15, -0.1) is 0 Å². The number of hydrogen-bond donors (Lipinski definition) is 2. The van der Waals surface area contributed by atoms with E-state index in [1.54, 1.807) is 0 Å². The lowest BCUT2D eigenvalue weighted by Crippen LogP contribution is -2.34. The maximum Gasteiger partial charge on any atom is 0.0632 e. The van der Waals surface area contributed by atoms with Gasteiger partial charge in [-0.05, 0) is 37.0 Å². The first-order valence-electron chi connectivity index (χ1n) is 9.22. The van der Waals surface area contributed by atoms with E-state index in [0.29, 0.717) is 6.04 Å². The average Bonchev–Trinajstić information content (AvgIpc) is 3.17. The van der Waals surface area contributed by atoms with Crippen LogP contribution in [-0.4, -0.2) is 4.98 Å². The minimum absolute atomic E-state index is 0.258. The fourth-order valence-corrected chi connectivity index (χ4v) is 5.17. The summed E-state index contributed by atoms with van der Waals surface area (Å²) in [6.07, 6.45) is 8.89. The summed E-state index contributed by atoms with van der Waals surface area (Å²) in [4.78, 5) is 3.54. The summed E-state index contributed by atoms with van der Waals surface area (Å²) >= 11 is 0. The van der Waals surface area contributed by atoms with Crippen molar-refractivity contribution in [1.82, 2.24) is 4.98 Å². The summed E-state index contributed by atoms with van der Waals surface area (Å²) in [5, 5.41) is 5.27. The van der Waals surface area contributed by atoms with Crippen molar-refractivity contribution in [3.63, 3.8) is 0 Å². The van der Waals surface area contributed by atoms with Gasteiger partial charge in [0, 0.05) is 33.8 Å². The molecule has 1 atom stereocenters. The molecule has 2 aliphatic rings. The number of aromatic nitrogens is 1. The van der Waals surface area contributed by atoms with Gasteiger partial charge in [0.05, 0.1) is 6.04 Å². The fourth-order valence-electron chi connectivity index (χ4n) is 5.17. The molecule has 3 aromatic rings. The van der Waals surface area contributed by atoms with Crippen LogP contribution in [-0.2, 0) is 5.41 Å². The third-order valence-electron chi connectivity index (χ3n) is 6.33. The minimum Gasteiger partial charge on any atom is -0.377 e. The van der Waals surface area contributed by atoms with Gasteiger partial charge in [-0.1, -0.05) is 55.7 Å². The van der Waals surface area contributed by atoms with Crippen LogP contribution < -0.4 is 5.32 Å². The van der Waals surface area contributed by atoms with Crippen LogP contribution in [0.4, 0.5) is 5.69 Å². The first kappa shape index (κ1) is 14.2. The van der Waals surface area contributed by atoms with Crippen molar-refractivity contribution >= 4 is 16.6 Å². The average molecular weight is 316 g/mol. The van der Waals surface area contributed by atoms with E-state index in [9.17, 15) is 0 Å². The Morgan fingerprint density at radius 3 is 2.67 bits per heavy atom. The summed E-state index contributed by atoms with van der Waals surface area (Å²) < 4.78 is 0. The maximum absolute atomic E-state index is 3.89. The molecule has 0 radical (unpaired) electrons. The third kappa shape index (κ3) is 1.83. The quantitative estimate of drug-likeness (QED) is 0.579. The van der Waals surface area contributed by atoms with E-state index < -0.39 is 0 Å². The molecule has 1 spiro atoms. The molecule has 2 N–H and O–H groups in total. The van der Waals surface area contributed by atoms with E-state index in [-0.39, 0.29) is 5.41 Å². The van der Waals surface area contributed by atoms with Crippen molar-refractivity contribution in [2.75, 3.05) is 5.32 Å². The molecular formula is C22H24N2. The highest BCUT2D eigenvalue weighted by Gasteiger charge is 2.48. The molecule has 122 valence electrons. The molecular weight excluding hydrogens is 292 g/mol. The molecule has 0 amide bonds. The Morgan fingerprint density at radius 1 is 0.958 bits per heavy atom. The number of benzene rings is 2. The van der Waals surface area contributed by atoms with Crippen LogP contribution in [0.25, 0.3) is 10.9 Å². The van der Waals surface area contributed by atoms with Crippen LogP contribution in [0.2, 0.25) is 0 Å². The number of para-hydroxylation sites is 2. The van der Waals surface area contributed by atoms with Gasteiger partial charge in [0.25, 0.3) is 0 Å². The highest BCUT2D eigenvalue weighted by Crippen LogP contribution is 2.56. The van der Waals surface area contributed by atoms with E-state index in [1.165, 1.54) is 65.4 Å². The zero-order valence-corrected chi connectivity index (χ0v) is 14.2. The van der Waals surface area contributed by atoms with Crippen LogP contribution in [0.5, 0.6) is 0 Å². The molecule has 1 aliphatic heterocycles. The second-order valence-corrected chi connectivity index (χ2v) is 7.58. The first-order valence-corrected chi connectivity index (χ1v) is 9.22. The Labute approximate surface area is 143 Å². The van der Waals surface area contributed by atoms with E-state index in [0.717, 1.165) is 0 Å². The van der Waals surface area contributed by atoms with Crippen molar-refractivity contribution in [2.24, 2.45) is 0 Å². The number of aromatic amines is 1. The zero-order valence-electron chi connectivity index (χ0n) is 14.2. The summed E-state index contributed by atoms with van der Waals surface area (Å²) in [5.41, 5.74) is 7.19. The van der Waals surface area contributed by atoms with Crippen LogP contribution >= 0.6 is 0 Å². The van der Waals surface area contributed by atoms with E-state index in [1.807, 2.05) is 0 Å². The Morgan fingerprint density at radius 2 is 1.79 bits per heavy atom. The lowest BCUT2D eigenvalue weighted by molar-refractivity contribution is 0.271. The Kier molecular flexibility index (Phi) is 3.03. The van der Waals surface area contributed by atoms with Crippen molar-refractivity contribution in [3.05, 3.63) is 65.4 Å². The molecule has 1 aromatic heterocycles. The van der Waals surface area contributed by atoms with Gasteiger partial charge in [0.15, 0.2) is 0 Å². The van der Waals surface area contributed by atoms with Gasteiger partial charge in [-0.25, -0.2) is 0 Å². The summed E-state index contributed by atoms with van der Waals surface area (Å²) in [6.45, 7) is 2.19. The Bertz CT molecular complexity index is 899. The number of aryl methyl sites for hydroxylation is 1. The monoisotopic (exact) mass is 316 g/mol. The second kappa shape index (κ2) is 5.14. The zero-order chi connectivity index (χ0) is 16.1. The molecule has 2 aromatic carbocycles. The lowest BCUT2D eigenvalue weighted by atomic mass is 9.65. The molecule has 1 saturated carbocycles. The van der Waals surface area contributed by atoms with Gasteiger partial charge >= 0.3 is 0 Å². The van der Waals surface area contributed by atoms with Gasteiger partial charge in [-0.2, -0.15) is 0 Å². The molecule has 5 rings (SSSR count). The molecule has 1 unspecified atom stereocenters. The molecule has 2 heteroatoms. The van der Waals surface area contributed by atoms with Crippen LogP contribution in [0, 0.1) is 6.92 Å². The number of nitrogens with one attached hydrogen (secondary N) is 2. The first-order chi connectivity index (χ1) is 11.8. The molecule has 0 bridgehead atoms. The largest absolute Gasteiger partial charge is 0.377 e. The molecule has 0 saturated heterocycles. The van der Waals surface area contributed by atoms with Crippen molar-refractivity contribution in [2.45, 2.75) is 50.5 Å². The Hall–Kier alpha value is -2.22. The summed E-state index contributed by atoms with van der Waals surface area (Å²) in [6, 6.07) is 16.0. The highest BCUT2D eigenvalue weighted by molar-refractivity contribution is 5.87. The van der Waals surface area contributed by atoms with Crippen LogP contribution in [0.1, 0.15) is 54.8 Å².